The molecule has 4 nitrogen and oxygen atoms in total. The van der Waals surface area contributed by atoms with Crippen molar-refractivity contribution in [1.29, 1.82) is 5.26 Å². The molecule has 0 amide bonds. The highest BCUT2D eigenvalue weighted by Crippen LogP contribution is 2.35. The fourth-order valence-electron chi connectivity index (χ4n) is 2.80. The summed E-state index contributed by atoms with van der Waals surface area (Å²) in [6.07, 6.45) is -4.11. The first-order valence-electron chi connectivity index (χ1n) is 6.81. The summed E-state index contributed by atoms with van der Waals surface area (Å²) in [6.45, 7) is 2.53. The van der Waals surface area contributed by atoms with Crippen LogP contribution in [0.1, 0.15) is 24.5 Å². The summed E-state index contributed by atoms with van der Waals surface area (Å²) in [5, 5.41) is 17.9. The third kappa shape index (κ3) is 3.32. The number of hydrogen-bond donors (Lipinski definition) is 1. The molecule has 7 heteroatoms. The third-order valence-electron chi connectivity index (χ3n) is 3.80. The summed E-state index contributed by atoms with van der Waals surface area (Å²) in [7, 11) is 0. The van der Waals surface area contributed by atoms with Crippen LogP contribution in [0, 0.1) is 23.2 Å². The lowest BCUT2D eigenvalue weighted by atomic mass is 9.90. The molecule has 1 N–H and O–H groups in total. The maximum absolute atomic E-state index is 13.0. The number of aliphatic carboxylic acids is 1. The zero-order chi connectivity index (χ0) is 16.5. The quantitative estimate of drug-likeness (QED) is 0.911. The zero-order valence-corrected chi connectivity index (χ0v) is 11.9. The van der Waals surface area contributed by atoms with Gasteiger partial charge in [-0.2, -0.15) is 18.4 Å². The first-order valence-corrected chi connectivity index (χ1v) is 6.81. The van der Waals surface area contributed by atoms with E-state index in [-0.39, 0.29) is 12.5 Å². The minimum atomic E-state index is -4.62. The van der Waals surface area contributed by atoms with Gasteiger partial charge < -0.3 is 10.0 Å². The van der Waals surface area contributed by atoms with Gasteiger partial charge in [-0.3, -0.25) is 4.79 Å². The number of hydrogen-bond acceptors (Lipinski definition) is 3. The summed E-state index contributed by atoms with van der Waals surface area (Å²) in [5.74, 6) is -1.48. The number of rotatable bonds is 2. The molecule has 0 bridgehead atoms. The molecule has 0 radical (unpaired) electrons. The summed E-state index contributed by atoms with van der Waals surface area (Å²) in [6, 6.07) is 5.03. The van der Waals surface area contributed by atoms with Crippen molar-refractivity contribution in [1.82, 2.24) is 0 Å². The SMILES string of the molecule is CC1CC(C(=O)O)CN(c2ccc(C#N)c(C(F)(F)F)c2)C1. The number of carboxylic acid groups (broad SMARTS) is 1. The molecular formula is C15H15F3N2O2. The Morgan fingerprint density at radius 3 is 2.64 bits per heavy atom. The van der Waals surface area contributed by atoms with Crippen LogP contribution < -0.4 is 4.90 Å². The van der Waals surface area contributed by atoms with Gasteiger partial charge in [0.2, 0.25) is 0 Å². The van der Waals surface area contributed by atoms with E-state index >= 15 is 0 Å². The van der Waals surface area contributed by atoms with Crippen molar-refractivity contribution >= 4 is 11.7 Å². The Balaban J connectivity index is 2.36. The van der Waals surface area contributed by atoms with Crippen molar-refractivity contribution in [3.05, 3.63) is 29.3 Å². The van der Waals surface area contributed by atoms with Crippen molar-refractivity contribution in [3.8, 4) is 6.07 Å². The van der Waals surface area contributed by atoms with Gasteiger partial charge in [-0.25, -0.2) is 0 Å². The first kappa shape index (κ1) is 16.1. The van der Waals surface area contributed by atoms with E-state index in [4.69, 9.17) is 10.4 Å². The maximum Gasteiger partial charge on any atom is 0.417 e. The van der Waals surface area contributed by atoms with E-state index in [1.165, 1.54) is 12.1 Å². The number of carboxylic acids is 1. The Bertz CT molecular complexity index is 622. The van der Waals surface area contributed by atoms with Crippen LogP contribution >= 0.6 is 0 Å². The van der Waals surface area contributed by atoms with E-state index in [2.05, 4.69) is 0 Å². The van der Waals surface area contributed by atoms with Crippen LogP contribution in [0.2, 0.25) is 0 Å². The normalized spacial score (nSPS) is 22.2. The van der Waals surface area contributed by atoms with Crippen LogP contribution in [0.25, 0.3) is 0 Å². The lowest BCUT2D eigenvalue weighted by Gasteiger charge is -2.36. The van der Waals surface area contributed by atoms with E-state index in [9.17, 15) is 18.0 Å². The Morgan fingerprint density at radius 2 is 2.09 bits per heavy atom. The number of carbonyl (C=O) groups is 1. The van der Waals surface area contributed by atoms with Crippen LogP contribution in [-0.2, 0) is 11.0 Å². The monoisotopic (exact) mass is 312 g/mol. The second-order valence-electron chi connectivity index (χ2n) is 5.62. The average molecular weight is 312 g/mol. The molecule has 0 aromatic heterocycles. The Morgan fingerprint density at radius 1 is 1.41 bits per heavy atom. The highest BCUT2D eigenvalue weighted by molar-refractivity contribution is 5.71. The fourth-order valence-corrected chi connectivity index (χ4v) is 2.80. The van der Waals surface area contributed by atoms with Gasteiger partial charge in [0.25, 0.3) is 0 Å². The van der Waals surface area contributed by atoms with Gasteiger partial charge >= 0.3 is 12.1 Å². The zero-order valence-electron chi connectivity index (χ0n) is 11.9. The Labute approximate surface area is 125 Å². The van der Waals surface area contributed by atoms with Crippen LogP contribution in [0.3, 0.4) is 0 Å². The largest absolute Gasteiger partial charge is 0.481 e. The van der Waals surface area contributed by atoms with Crippen LogP contribution in [0.4, 0.5) is 18.9 Å². The van der Waals surface area contributed by atoms with E-state index in [0.29, 0.717) is 18.7 Å². The van der Waals surface area contributed by atoms with Gasteiger partial charge in [0.15, 0.2) is 0 Å². The van der Waals surface area contributed by atoms with Crippen LogP contribution in [0.5, 0.6) is 0 Å². The number of nitrogens with zero attached hydrogens (tertiary/aromatic N) is 2. The molecule has 1 aliphatic rings. The van der Waals surface area contributed by atoms with Gasteiger partial charge in [0.1, 0.15) is 0 Å². The highest BCUT2D eigenvalue weighted by atomic mass is 19.4. The van der Waals surface area contributed by atoms with Crippen LogP contribution in [0.15, 0.2) is 18.2 Å². The molecule has 1 aromatic rings. The van der Waals surface area contributed by atoms with Crippen LogP contribution in [-0.4, -0.2) is 24.2 Å². The molecule has 1 heterocycles. The predicted molar refractivity (Wildman–Crippen MR) is 73.3 cm³/mol. The third-order valence-corrected chi connectivity index (χ3v) is 3.80. The topological polar surface area (TPSA) is 64.3 Å². The Kier molecular flexibility index (Phi) is 4.31. The van der Waals surface area contributed by atoms with E-state index < -0.39 is 29.2 Å². The molecule has 0 spiro atoms. The first-order chi connectivity index (χ1) is 10.2. The van der Waals surface area contributed by atoms with Gasteiger partial charge in [-0.15, -0.1) is 0 Å². The van der Waals surface area contributed by atoms with E-state index in [1.54, 1.807) is 4.90 Å². The van der Waals surface area contributed by atoms with Crippen molar-refractivity contribution in [2.24, 2.45) is 11.8 Å². The van der Waals surface area contributed by atoms with Crippen molar-refractivity contribution in [2.75, 3.05) is 18.0 Å². The number of nitriles is 1. The van der Waals surface area contributed by atoms with Gasteiger partial charge in [0.05, 0.1) is 23.1 Å². The molecular weight excluding hydrogens is 297 g/mol. The molecule has 0 aliphatic carbocycles. The molecule has 2 unspecified atom stereocenters. The van der Waals surface area contributed by atoms with Gasteiger partial charge in [-0.1, -0.05) is 6.92 Å². The number of alkyl halides is 3. The van der Waals surface area contributed by atoms with Crippen molar-refractivity contribution in [3.63, 3.8) is 0 Å². The molecule has 1 fully saturated rings. The molecule has 0 saturated carbocycles. The standard InChI is InChI=1S/C15H15F3N2O2/c1-9-4-11(14(21)22)8-20(7-9)12-3-2-10(6-19)13(5-12)15(16,17)18/h2-3,5,9,11H,4,7-8H2,1H3,(H,21,22). The number of anilines is 1. The number of benzene rings is 1. The molecule has 1 saturated heterocycles. The highest BCUT2D eigenvalue weighted by Gasteiger charge is 2.35. The summed E-state index contributed by atoms with van der Waals surface area (Å²) >= 11 is 0. The van der Waals surface area contributed by atoms with Gasteiger partial charge in [-0.05, 0) is 30.5 Å². The molecule has 2 rings (SSSR count). The molecule has 2 atom stereocenters. The fraction of sp³-hybridized carbons (Fsp3) is 0.467. The maximum atomic E-state index is 13.0. The molecule has 1 aliphatic heterocycles. The van der Waals surface area contributed by atoms with Crippen molar-refractivity contribution in [2.45, 2.75) is 19.5 Å². The van der Waals surface area contributed by atoms with Crippen molar-refractivity contribution < 1.29 is 23.1 Å². The van der Waals surface area contributed by atoms with E-state index in [0.717, 1.165) is 12.1 Å². The summed E-state index contributed by atoms with van der Waals surface area (Å²) in [4.78, 5) is 12.8. The lowest BCUT2D eigenvalue weighted by molar-refractivity contribution is -0.142. The molecule has 118 valence electrons. The molecule has 22 heavy (non-hydrogen) atoms. The second-order valence-corrected chi connectivity index (χ2v) is 5.62. The number of piperidine rings is 1. The predicted octanol–water partition coefficient (Wildman–Crippen LogP) is 3.12. The van der Waals surface area contributed by atoms with Gasteiger partial charge in [0, 0.05) is 18.8 Å². The number of halogens is 3. The minimum absolute atomic E-state index is 0.0693. The molecule has 1 aromatic carbocycles. The second kappa shape index (κ2) is 5.87. The Hall–Kier alpha value is -2.23. The lowest BCUT2D eigenvalue weighted by Crippen LogP contribution is -2.42. The average Bonchev–Trinajstić information content (AvgIpc) is 2.45. The summed E-state index contributed by atoms with van der Waals surface area (Å²) < 4.78 is 39.0. The summed E-state index contributed by atoms with van der Waals surface area (Å²) in [5.41, 5.74) is -1.13. The smallest absolute Gasteiger partial charge is 0.417 e. The minimum Gasteiger partial charge on any atom is -0.481 e. The van der Waals surface area contributed by atoms with E-state index in [1.807, 2.05) is 6.92 Å².